The number of anilines is 1. The Labute approximate surface area is 119 Å². The van der Waals surface area contributed by atoms with Crippen LogP contribution in [0.3, 0.4) is 0 Å². The van der Waals surface area contributed by atoms with Crippen molar-refractivity contribution < 1.29 is 8.42 Å². The molecule has 1 aromatic heterocycles. The lowest BCUT2D eigenvalue weighted by molar-refractivity contribution is 0.602. The first-order valence-electron chi connectivity index (χ1n) is 6.32. The van der Waals surface area contributed by atoms with Gasteiger partial charge in [-0.15, -0.1) is 0 Å². The van der Waals surface area contributed by atoms with Gasteiger partial charge in [-0.1, -0.05) is 0 Å². The number of sulfone groups is 1. The van der Waals surface area contributed by atoms with Crippen LogP contribution in [0.1, 0.15) is 17.0 Å². The average Bonchev–Trinajstić information content (AvgIpc) is 2.61. The fourth-order valence-corrected chi connectivity index (χ4v) is 2.71. The molecule has 0 saturated heterocycles. The summed E-state index contributed by atoms with van der Waals surface area (Å²) < 4.78 is 24.6. The summed E-state index contributed by atoms with van der Waals surface area (Å²) in [6.45, 7) is 4.68. The van der Waals surface area contributed by atoms with Gasteiger partial charge >= 0.3 is 0 Å². The smallest absolute Gasteiger partial charge is 0.175 e. The summed E-state index contributed by atoms with van der Waals surface area (Å²) in [5.41, 5.74) is 4.19. The summed E-state index contributed by atoms with van der Waals surface area (Å²) in [5.74, 6) is 0. The van der Waals surface area contributed by atoms with Crippen LogP contribution in [0, 0.1) is 13.8 Å². The van der Waals surface area contributed by atoms with E-state index >= 15 is 0 Å². The normalized spacial score (nSPS) is 11.6. The number of benzene rings is 1. The number of hydrogen-bond donors (Lipinski definition) is 1. The highest BCUT2D eigenvalue weighted by atomic mass is 32.2. The van der Waals surface area contributed by atoms with Gasteiger partial charge in [0.1, 0.15) is 0 Å². The highest BCUT2D eigenvalue weighted by molar-refractivity contribution is 7.90. The molecule has 0 radical (unpaired) electrons. The monoisotopic (exact) mass is 293 g/mol. The molecule has 0 amide bonds. The van der Waals surface area contributed by atoms with Gasteiger partial charge in [-0.25, -0.2) is 8.42 Å². The topological polar surface area (TPSA) is 64.0 Å². The second kappa shape index (κ2) is 5.28. The molecule has 2 aromatic rings. The maximum absolute atomic E-state index is 11.4. The Kier molecular flexibility index (Phi) is 3.85. The van der Waals surface area contributed by atoms with E-state index in [0.29, 0.717) is 11.4 Å². The summed E-state index contributed by atoms with van der Waals surface area (Å²) in [4.78, 5) is 0.330. The summed E-state index contributed by atoms with van der Waals surface area (Å²) in [5, 5.41) is 7.65. The van der Waals surface area contributed by atoms with Crippen molar-refractivity contribution in [2.45, 2.75) is 25.3 Å². The van der Waals surface area contributed by atoms with E-state index < -0.39 is 9.84 Å². The largest absolute Gasteiger partial charge is 0.381 e. The van der Waals surface area contributed by atoms with Crippen LogP contribution < -0.4 is 5.32 Å². The van der Waals surface area contributed by atoms with Crippen LogP contribution in [0.5, 0.6) is 0 Å². The van der Waals surface area contributed by atoms with E-state index in [1.54, 1.807) is 24.3 Å². The van der Waals surface area contributed by atoms with Crippen molar-refractivity contribution in [2.75, 3.05) is 11.6 Å². The van der Waals surface area contributed by atoms with Crippen molar-refractivity contribution in [3.05, 3.63) is 41.2 Å². The predicted molar refractivity (Wildman–Crippen MR) is 79.6 cm³/mol. The molecule has 1 N–H and O–H groups in total. The van der Waals surface area contributed by atoms with Gasteiger partial charge in [0.25, 0.3) is 0 Å². The van der Waals surface area contributed by atoms with Crippen LogP contribution in [0.4, 0.5) is 5.69 Å². The van der Waals surface area contributed by atoms with Gasteiger partial charge < -0.3 is 5.32 Å². The number of aromatic nitrogens is 2. The second-order valence-corrected chi connectivity index (χ2v) is 6.94. The van der Waals surface area contributed by atoms with Crippen LogP contribution in [-0.4, -0.2) is 24.5 Å². The highest BCUT2D eigenvalue weighted by Gasteiger charge is 2.09. The Morgan fingerprint density at radius 2 is 1.80 bits per heavy atom. The van der Waals surface area contributed by atoms with Crippen molar-refractivity contribution in [1.29, 1.82) is 0 Å². The molecule has 0 unspecified atom stereocenters. The predicted octanol–water partition coefficient (Wildman–Crippen LogP) is 2.05. The van der Waals surface area contributed by atoms with Gasteiger partial charge in [-0.2, -0.15) is 5.10 Å². The third kappa shape index (κ3) is 3.01. The molecule has 0 saturated carbocycles. The molecule has 6 heteroatoms. The van der Waals surface area contributed by atoms with Gasteiger partial charge in [0.2, 0.25) is 0 Å². The van der Waals surface area contributed by atoms with E-state index in [1.807, 2.05) is 25.6 Å². The van der Waals surface area contributed by atoms with Gasteiger partial charge in [0.15, 0.2) is 9.84 Å². The molecule has 1 aromatic carbocycles. The summed E-state index contributed by atoms with van der Waals surface area (Å²) in [7, 11) is -1.21. The van der Waals surface area contributed by atoms with Crippen molar-refractivity contribution >= 4 is 15.5 Å². The fraction of sp³-hybridized carbons (Fsp3) is 0.357. The third-order valence-electron chi connectivity index (χ3n) is 3.41. The molecule has 0 aliphatic rings. The van der Waals surface area contributed by atoms with Gasteiger partial charge in [0.05, 0.1) is 10.6 Å². The Bertz CT molecular complexity index is 716. The zero-order valence-corrected chi connectivity index (χ0v) is 13.0. The number of aryl methyl sites for hydroxylation is 2. The quantitative estimate of drug-likeness (QED) is 0.937. The second-order valence-electron chi connectivity index (χ2n) is 4.92. The molecule has 108 valence electrons. The Balaban J connectivity index is 2.12. The number of nitrogens with zero attached hydrogens (tertiary/aromatic N) is 2. The molecule has 0 bridgehead atoms. The fourth-order valence-electron chi connectivity index (χ4n) is 2.08. The van der Waals surface area contributed by atoms with E-state index in [4.69, 9.17) is 0 Å². The molecule has 0 aliphatic heterocycles. The molecule has 1 heterocycles. The van der Waals surface area contributed by atoms with E-state index in [2.05, 4.69) is 10.4 Å². The van der Waals surface area contributed by atoms with E-state index in [0.717, 1.165) is 17.1 Å². The Morgan fingerprint density at radius 1 is 1.20 bits per heavy atom. The summed E-state index contributed by atoms with van der Waals surface area (Å²) in [6, 6.07) is 6.77. The standard InChI is InChI=1S/C14H19N3O2S/c1-10-14(11(2)17(3)16-10)9-15-12-5-7-13(8-6-12)20(4,18)19/h5-8,15H,9H2,1-4H3. The van der Waals surface area contributed by atoms with E-state index in [1.165, 1.54) is 11.8 Å². The van der Waals surface area contributed by atoms with Gasteiger partial charge in [-0.3, -0.25) is 4.68 Å². The number of rotatable bonds is 4. The molecular weight excluding hydrogens is 274 g/mol. The zero-order chi connectivity index (χ0) is 14.9. The van der Waals surface area contributed by atoms with E-state index in [-0.39, 0.29) is 0 Å². The number of hydrogen-bond acceptors (Lipinski definition) is 4. The molecule has 0 fully saturated rings. The lowest BCUT2D eigenvalue weighted by Gasteiger charge is -2.07. The third-order valence-corrected chi connectivity index (χ3v) is 4.54. The van der Waals surface area contributed by atoms with Crippen molar-refractivity contribution in [2.24, 2.45) is 7.05 Å². The molecule has 0 spiro atoms. The van der Waals surface area contributed by atoms with Crippen LogP contribution in [0.2, 0.25) is 0 Å². The maximum Gasteiger partial charge on any atom is 0.175 e. The van der Waals surface area contributed by atoms with Crippen LogP contribution in [0.25, 0.3) is 0 Å². The zero-order valence-electron chi connectivity index (χ0n) is 12.1. The first-order valence-corrected chi connectivity index (χ1v) is 8.21. The van der Waals surface area contributed by atoms with Gasteiger partial charge in [-0.05, 0) is 38.1 Å². The SMILES string of the molecule is Cc1nn(C)c(C)c1CNc1ccc(S(C)(=O)=O)cc1. The lowest BCUT2D eigenvalue weighted by atomic mass is 10.2. The highest BCUT2D eigenvalue weighted by Crippen LogP contribution is 2.17. The van der Waals surface area contributed by atoms with Crippen molar-refractivity contribution in [3.63, 3.8) is 0 Å². The average molecular weight is 293 g/mol. The Hall–Kier alpha value is -1.82. The Morgan fingerprint density at radius 3 is 2.25 bits per heavy atom. The summed E-state index contributed by atoms with van der Waals surface area (Å²) >= 11 is 0. The van der Waals surface area contributed by atoms with E-state index in [9.17, 15) is 8.42 Å². The minimum Gasteiger partial charge on any atom is -0.381 e. The minimum absolute atomic E-state index is 0.330. The molecular formula is C14H19N3O2S. The maximum atomic E-state index is 11.4. The number of nitrogens with one attached hydrogen (secondary N) is 1. The molecule has 20 heavy (non-hydrogen) atoms. The minimum atomic E-state index is -3.14. The first-order chi connectivity index (χ1) is 9.29. The van der Waals surface area contributed by atoms with Gasteiger partial charge in [0, 0.05) is 36.8 Å². The van der Waals surface area contributed by atoms with Crippen LogP contribution >= 0.6 is 0 Å². The van der Waals surface area contributed by atoms with Crippen LogP contribution in [-0.2, 0) is 23.4 Å². The first kappa shape index (κ1) is 14.6. The molecule has 0 atom stereocenters. The van der Waals surface area contributed by atoms with Crippen molar-refractivity contribution in [1.82, 2.24) is 9.78 Å². The molecule has 0 aliphatic carbocycles. The van der Waals surface area contributed by atoms with Crippen LogP contribution in [0.15, 0.2) is 29.2 Å². The molecule has 2 rings (SSSR count). The lowest BCUT2D eigenvalue weighted by Crippen LogP contribution is -2.03. The molecule has 5 nitrogen and oxygen atoms in total. The summed E-state index contributed by atoms with van der Waals surface area (Å²) in [6.07, 6.45) is 1.21. The van der Waals surface area contributed by atoms with Crippen molar-refractivity contribution in [3.8, 4) is 0 Å².